The second kappa shape index (κ2) is 10.3. The Morgan fingerprint density at radius 2 is 1.97 bits per heavy atom. The van der Waals surface area contributed by atoms with Gasteiger partial charge in [-0.05, 0) is 42.8 Å². The van der Waals surface area contributed by atoms with Gasteiger partial charge in [-0.25, -0.2) is 0 Å². The fourth-order valence-corrected chi connectivity index (χ4v) is 4.04. The van der Waals surface area contributed by atoms with Gasteiger partial charge in [-0.1, -0.05) is 12.1 Å². The Kier molecular flexibility index (Phi) is 7.17. The van der Waals surface area contributed by atoms with Crippen LogP contribution < -0.4 is 15.0 Å². The number of methoxy groups -OCH3 is 1. The summed E-state index contributed by atoms with van der Waals surface area (Å²) in [5.41, 5.74) is 1.78. The summed E-state index contributed by atoms with van der Waals surface area (Å²) in [7, 11) is 1.43. The quantitative estimate of drug-likeness (QED) is 0.509. The summed E-state index contributed by atoms with van der Waals surface area (Å²) in [5, 5.41) is 16.2. The minimum Gasteiger partial charge on any atom is -0.495 e. The van der Waals surface area contributed by atoms with Crippen molar-refractivity contribution in [2.24, 2.45) is 0 Å². The largest absolute Gasteiger partial charge is 0.495 e. The van der Waals surface area contributed by atoms with Gasteiger partial charge in [0.1, 0.15) is 24.1 Å². The molecule has 0 fully saturated rings. The first-order valence-electron chi connectivity index (χ1n) is 11.1. The fourth-order valence-electron chi connectivity index (χ4n) is 4.04. The van der Waals surface area contributed by atoms with Gasteiger partial charge < -0.3 is 19.7 Å². The first-order valence-corrected chi connectivity index (χ1v) is 11.1. The normalized spacial score (nSPS) is 15.2. The molecule has 4 rings (SSSR count). The van der Waals surface area contributed by atoms with E-state index in [0.29, 0.717) is 29.2 Å². The fraction of sp³-hybridized carbons (Fsp3) is 0.280. The maximum Gasteiger partial charge on any atom is 0.411 e. The molecule has 9 nitrogen and oxygen atoms in total. The second-order valence-electron chi connectivity index (χ2n) is 8.37. The Morgan fingerprint density at radius 1 is 1.24 bits per heavy atom. The van der Waals surface area contributed by atoms with Crippen LogP contribution >= 0.6 is 0 Å². The Bertz CT molecular complexity index is 1360. The smallest absolute Gasteiger partial charge is 0.411 e. The first kappa shape index (κ1) is 25.7. The van der Waals surface area contributed by atoms with Crippen molar-refractivity contribution in [3.63, 3.8) is 0 Å². The van der Waals surface area contributed by atoms with E-state index in [2.05, 4.69) is 15.2 Å². The number of hydrogen-bond acceptors (Lipinski definition) is 6. The zero-order chi connectivity index (χ0) is 26.7. The van der Waals surface area contributed by atoms with Crippen LogP contribution in [0, 0.1) is 11.3 Å². The second-order valence-corrected chi connectivity index (χ2v) is 8.37. The van der Waals surface area contributed by atoms with Crippen molar-refractivity contribution >= 4 is 23.2 Å². The number of hydrogen-bond donors (Lipinski definition) is 1. The van der Waals surface area contributed by atoms with E-state index < -0.39 is 24.6 Å². The van der Waals surface area contributed by atoms with E-state index in [1.165, 1.54) is 29.0 Å². The van der Waals surface area contributed by atoms with Crippen LogP contribution in [0.5, 0.6) is 5.75 Å². The van der Waals surface area contributed by atoms with Crippen LogP contribution in [0.2, 0.25) is 0 Å². The monoisotopic (exact) mass is 513 g/mol. The Morgan fingerprint density at radius 3 is 2.62 bits per heavy atom. The van der Waals surface area contributed by atoms with Crippen molar-refractivity contribution in [1.82, 2.24) is 9.78 Å². The topological polar surface area (TPSA) is 109 Å². The molecule has 1 atom stereocenters. The summed E-state index contributed by atoms with van der Waals surface area (Å²) < 4.78 is 48.2. The van der Waals surface area contributed by atoms with E-state index >= 15 is 0 Å². The van der Waals surface area contributed by atoms with Crippen molar-refractivity contribution < 1.29 is 32.2 Å². The van der Waals surface area contributed by atoms with Gasteiger partial charge in [0.25, 0.3) is 11.8 Å². The molecule has 37 heavy (non-hydrogen) atoms. The number of halogens is 3. The Balaban J connectivity index is 1.53. The molecule has 192 valence electrons. The minimum absolute atomic E-state index is 0.0633. The van der Waals surface area contributed by atoms with Gasteiger partial charge in [0.2, 0.25) is 0 Å². The van der Waals surface area contributed by atoms with Gasteiger partial charge in [-0.3, -0.25) is 14.3 Å². The van der Waals surface area contributed by atoms with Gasteiger partial charge in [0.05, 0.1) is 43.6 Å². The van der Waals surface area contributed by atoms with E-state index in [9.17, 15) is 28.0 Å². The lowest BCUT2D eigenvalue weighted by molar-refractivity contribution is -0.176. The highest BCUT2D eigenvalue weighted by Crippen LogP contribution is 2.28. The number of nitrogens with zero attached hydrogens (tertiary/aromatic N) is 4. The number of alkyl halides is 3. The van der Waals surface area contributed by atoms with Gasteiger partial charge in [-0.15, -0.1) is 0 Å². The number of fused-ring (bicyclic) bond motifs is 1. The molecule has 0 unspecified atom stereocenters. The highest BCUT2D eigenvalue weighted by molar-refractivity contribution is 6.15. The lowest BCUT2D eigenvalue weighted by Crippen LogP contribution is -2.47. The number of amides is 2. The van der Waals surface area contributed by atoms with Gasteiger partial charge in [-0.2, -0.15) is 23.5 Å². The SMILES string of the molecule is COc1ccc(NC(=O)c2cnn3c2C(=O)N(c2ccc(COCC(F)(F)F)cc2)[C@@H](C)C3)cc1C#N. The molecule has 2 aromatic carbocycles. The van der Waals surface area contributed by atoms with Crippen LogP contribution in [0.1, 0.15) is 38.9 Å². The summed E-state index contributed by atoms with van der Waals surface area (Å²) in [6, 6.07) is 12.7. The number of carbonyl (C=O) groups excluding carboxylic acids is 2. The minimum atomic E-state index is -4.41. The number of ether oxygens (including phenoxy) is 2. The highest BCUT2D eigenvalue weighted by Gasteiger charge is 2.36. The van der Waals surface area contributed by atoms with Crippen LogP contribution in [0.4, 0.5) is 24.5 Å². The molecular weight excluding hydrogens is 491 g/mol. The molecule has 1 aliphatic rings. The predicted octanol–water partition coefficient (Wildman–Crippen LogP) is 4.14. The molecule has 1 aromatic heterocycles. The summed E-state index contributed by atoms with van der Waals surface area (Å²) in [5.74, 6) is -0.661. The molecule has 0 spiro atoms. The summed E-state index contributed by atoms with van der Waals surface area (Å²) in [6.07, 6.45) is -3.09. The molecule has 1 N–H and O–H groups in total. The lowest BCUT2D eigenvalue weighted by atomic mass is 10.1. The first-order chi connectivity index (χ1) is 17.6. The van der Waals surface area contributed by atoms with E-state index in [0.717, 1.165) is 0 Å². The number of anilines is 2. The summed E-state index contributed by atoms with van der Waals surface area (Å²) >= 11 is 0. The van der Waals surface area contributed by atoms with Crippen LogP contribution in [-0.2, 0) is 17.9 Å². The molecule has 2 heterocycles. The molecule has 0 aliphatic carbocycles. The number of benzene rings is 2. The molecule has 1 aliphatic heterocycles. The van der Waals surface area contributed by atoms with Crippen molar-refractivity contribution in [2.75, 3.05) is 23.9 Å². The maximum absolute atomic E-state index is 13.5. The van der Waals surface area contributed by atoms with Crippen molar-refractivity contribution in [3.05, 3.63) is 71.0 Å². The number of aromatic nitrogens is 2. The molecule has 2 amide bonds. The number of nitriles is 1. The van der Waals surface area contributed by atoms with Gasteiger partial charge in [0.15, 0.2) is 0 Å². The molecule has 0 saturated heterocycles. The van der Waals surface area contributed by atoms with Crippen molar-refractivity contribution in [1.29, 1.82) is 5.26 Å². The Hall–Kier alpha value is -4.37. The van der Waals surface area contributed by atoms with E-state index in [4.69, 9.17) is 4.74 Å². The third-order valence-electron chi connectivity index (χ3n) is 5.71. The number of rotatable bonds is 7. The predicted molar refractivity (Wildman–Crippen MR) is 126 cm³/mol. The Labute approximate surface area is 210 Å². The van der Waals surface area contributed by atoms with Crippen LogP contribution in [0.25, 0.3) is 0 Å². The van der Waals surface area contributed by atoms with Crippen molar-refractivity contribution in [3.8, 4) is 11.8 Å². The third kappa shape index (κ3) is 5.57. The molecule has 0 bridgehead atoms. The van der Waals surface area contributed by atoms with Crippen molar-refractivity contribution in [2.45, 2.75) is 32.3 Å². The lowest BCUT2D eigenvalue weighted by Gasteiger charge is -2.34. The maximum atomic E-state index is 13.5. The van der Waals surface area contributed by atoms with Crippen LogP contribution in [0.3, 0.4) is 0 Å². The van der Waals surface area contributed by atoms with Crippen LogP contribution in [-0.4, -0.2) is 47.5 Å². The zero-order valence-electron chi connectivity index (χ0n) is 19.9. The third-order valence-corrected chi connectivity index (χ3v) is 5.71. The number of carbonyl (C=O) groups is 2. The summed E-state index contributed by atoms with van der Waals surface area (Å²) in [4.78, 5) is 28.0. The average molecular weight is 513 g/mol. The zero-order valence-corrected chi connectivity index (χ0v) is 19.9. The van der Waals surface area contributed by atoms with E-state index in [-0.39, 0.29) is 29.5 Å². The average Bonchev–Trinajstić information content (AvgIpc) is 3.28. The van der Waals surface area contributed by atoms with E-state index in [1.807, 2.05) is 13.0 Å². The number of nitrogens with one attached hydrogen (secondary N) is 1. The molecular formula is C25H22F3N5O4. The standard InChI is InChI=1S/C25H22F3N5O4/c1-15-12-32-22(20(11-30-32)23(34)31-18-5-8-21(36-2)17(9-18)10-29)24(35)33(15)19-6-3-16(4-7-19)13-37-14-25(26,27)28/h3-9,11,15H,12-14H2,1-2H3,(H,31,34)/t15-/m0/s1. The molecule has 0 radical (unpaired) electrons. The van der Waals surface area contributed by atoms with Gasteiger partial charge in [0, 0.05) is 11.4 Å². The van der Waals surface area contributed by atoms with Gasteiger partial charge >= 0.3 is 6.18 Å². The highest BCUT2D eigenvalue weighted by atomic mass is 19.4. The van der Waals surface area contributed by atoms with E-state index in [1.54, 1.807) is 36.4 Å². The van der Waals surface area contributed by atoms with Crippen LogP contribution in [0.15, 0.2) is 48.7 Å². The molecule has 12 heteroatoms. The molecule has 3 aromatic rings. The summed E-state index contributed by atoms with van der Waals surface area (Å²) in [6.45, 7) is 0.578. The molecule has 0 saturated carbocycles.